The number of sulfonamides is 1. The van der Waals surface area contributed by atoms with Crippen LogP contribution in [0.25, 0.3) is 0 Å². The Labute approximate surface area is 129 Å². The van der Waals surface area contributed by atoms with E-state index in [1.807, 2.05) is 0 Å². The van der Waals surface area contributed by atoms with Gasteiger partial charge in [0, 0.05) is 20.2 Å². The summed E-state index contributed by atoms with van der Waals surface area (Å²) in [5.74, 6) is -0.582. The Morgan fingerprint density at radius 2 is 2.00 bits per heavy atom. The van der Waals surface area contributed by atoms with Gasteiger partial charge in [-0.2, -0.15) is 4.31 Å². The molecule has 1 aromatic rings. The number of carbonyl (C=O) groups is 1. The molecule has 118 valence electrons. The molecule has 0 aliphatic heterocycles. The molecule has 1 atom stereocenters. The zero-order valence-electron chi connectivity index (χ0n) is 12.3. The van der Waals surface area contributed by atoms with Crippen molar-refractivity contribution in [1.82, 2.24) is 4.31 Å². The highest BCUT2D eigenvalue weighted by atomic mass is 35.5. The van der Waals surface area contributed by atoms with Crippen LogP contribution in [-0.4, -0.2) is 52.6 Å². The van der Waals surface area contributed by atoms with Crippen LogP contribution >= 0.6 is 11.6 Å². The predicted molar refractivity (Wildman–Crippen MR) is 79.1 cm³/mol. The van der Waals surface area contributed by atoms with Gasteiger partial charge in [-0.25, -0.2) is 13.2 Å². The van der Waals surface area contributed by atoms with Crippen LogP contribution in [0.3, 0.4) is 0 Å². The van der Waals surface area contributed by atoms with Crippen LogP contribution in [0.4, 0.5) is 0 Å². The molecule has 0 aliphatic carbocycles. The van der Waals surface area contributed by atoms with E-state index in [0.717, 1.165) is 0 Å². The van der Waals surface area contributed by atoms with E-state index in [0.29, 0.717) is 0 Å². The molecular weight excluding hydrogens is 318 g/mol. The van der Waals surface area contributed by atoms with Crippen molar-refractivity contribution in [3.8, 4) is 0 Å². The highest BCUT2D eigenvalue weighted by Crippen LogP contribution is 2.26. The van der Waals surface area contributed by atoms with Gasteiger partial charge in [-0.1, -0.05) is 11.6 Å². The summed E-state index contributed by atoms with van der Waals surface area (Å²) in [6, 6.07) is 3.57. The van der Waals surface area contributed by atoms with Gasteiger partial charge < -0.3 is 9.47 Å². The molecule has 0 aliphatic rings. The maximum absolute atomic E-state index is 12.5. The molecule has 0 spiro atoms. The summed E-state index contributed by atoms with van der Waals surface area (Å²) in [6.07, 6.45) is 0. The largest absolute Gasteiger partial charge is 0.465 e. The lowest BCUT2D eigenvalue weighted by Gasteiger charge is -2.24. The minimum Gasteiger partial charge on any atom is -0.465 e. The first-order valence-corrected chi connectivity index (χ1v) is 7.92. The smallest absolute Gasteiger partial charge is 0.337 e. The first-order valence-electron chi connectivity index (χ1n) is 6.10. The van der Waals surface area contributed by atoms with Crippen molar-refractivity contribution >= 4 is 27.6 Å². The van der Waals surface area contributed by atoms with Gasteiger partial charge in [0.05, 0.1) is 24.3 Å². The van der Waals surface area contributed by atoms with Gasteiger partial charge >= 0.3 is 5.97 Å². The Morgan fingerprint density at radius 3 is 2.48 bits per heavy atom. The minimum atomic E-state index is -3.77. The number of ether oxygens (including phenoxy) is 2. The Bertz CT molecular complexity index is 617. The SMILES string of the molecule is COC[C@H](C)N(C)S(=O)(=O)c1ccc(C(=O)OC)cc1Cl. The van der Waals surface area contributed by atoms with Crippen LogP contribution in [0.15, 0.2) is 23.1 Å². The molecule has 1 aromatic carbocycles. The molecule has 6 nitrogen and oxygen atoms in total. The van der Waals surface area contributed by atoms with E-state index in [2.05, 4.69) is 4.74 Å². The third-order valence-electron chi connectivity index (χ3n) is 3.04. The minimum absolute atomic E-state index is 0.0330. The molecule has 0 saturated carbocycles. The maximum Gasteiger partial charge on any atom is 0.337 e. The fourth-order valence-corrected chi connectivity index (χ4v) is 3.56. The van der Waals surface area contributed by atoms with Crippen molar-refractivity contribution in [2.24, 2.45) is 0 Å². The number of likely N-dealkylation sites (N-methyl/N-ethyl adjacent to an activating group) is 1. The Kier molecular flexibility index (Phi) is 6.15. The lowest BCUT2D eigenvalue weighted by atomic mass is 10.2. The summed E-state index contributed by atoms with van der Waals surface area (Å²) >= 11 is 6.00. The number of rotatable bonds is 6. The second kappa shape index (κ2) is 7.22. The molecule has 0 radical (unpaired) electrons. The predicted octanol–water partition coefficient (Wildman–Crippen LogP) is 1.78. The molecule has 8 heteroatoms. The first kappa shape index (κ1) is 17.9. The highest BCUT2D eigenvalue weighted by molar-refractivity contribution is 7.89. The quantitative estimate of drug-likeness (QED) is 0.741. The average molecular weight is 336 g/mol. The van der Waals surface area contributed by atoms with Gasteiger partial charge in [-0.3, -0.25) is 0 Å². The number of esters is 1. The van der Waals surface area contributed by atoms with Crippen LogP contribution in [0.1, 0.15) is 17.3 Å². The van der Waals surface area contributed by atoms with Crippen molar-refractivity contribution in [1.29, 1.82) is 0 Å². The van der Waals surface area contributed by atoms with Gasteiger partial charge in [0.25, 0.3) is 0 Å². The molecule has 0 aromatic heterocycles. The Morgan fingerprint density at radius 1 is 1.38 bits per heavy atom. The summed E-state index contributed by atoms with van der Waals surface area (Å²) in [5.41, 5.74) is 0.189. The van der Waals surface area contributed by atoms with Crippen LogP contribution < -0.4 is 0 Å². The van der Waals surface area contributed by atoms with E-state index in [1.54, 1.807) is 6.92 Å². The third-order valence-corrected chi connectivity index (χ3v) is 5.49. The lowest BCUT2D eigenvalue weighted by Crippen LogP contribution is -2.37. The second-order valence-electron chi connectivity index (χ2n) is 4.46. The monoisotopic (exact) mass is 335 g/mol. The van der Waals surface area contributed by atoms with E-state index in [-0.39, 0.29) is 28.1 Å². The van der Waals surface area contributed by atoms with Crippen LogP contribution in [0.2, 0.25) is 5.02 Å². The molecule has 21 heavy (non-hydrogen) atoms. The fraction of sp³-hybridized carbons (Fsp3) is 0.462. The Balaban J connectivity index is 3.18. The summed E-state index contributed by atoms with van der Waals surface area (Å²) in [5, 5.41) is -0.0330. The molecule has 0 N–H and O–H groups in total. The number of benzene rings is 1. The van der Waals surface area contributed by atoms with Gasteiger partial charge in [0.2, 0.25) is 10.0 Å². The molecule has 0 saturated heterocycles. The number of halogens is 1. The fourth-order valence-electron chi connectivity index (χ4n) is 1.69. The van der Waals surface area contributed by atoms with E-state index >= 15 is 0 Å². The van der Waals surface area contributed by atoms with Gasteiger partial charge in [0.15, 0.2) is 0 Å². The van der Waals surface area contributed by atoms with E-state index < -0.39 is 16.0 Å². The zero-order chi connectivity index (χ0) is 16.2. The maximum atomic E-state index is 12.5. The molecule has 0 amide bonds. The Hall–Kier alpha value is -1.15. The molecule has 0 fully saturated rings. The second-order valence-corrected chi connectivity index (χ2v) is 6.84. The molecule has 0 unspecified atom stereocenters. The highest BCUT2D eigenvalue weighted by Gasteiger charge is 2.28. The van der Waals surface area contributed by atoms with E-state index in [9.17, 15) is 13.2 Å². The van der Waals surface area contributed by atoms with Crippen molar-refractivity contribution in [2.45, 2.75) is 17.9 Å². The summed E-state index contributed by atoms with van der Waals surface area (Å²) < 4.78 is 35.7. The van der Waals surface area contributed by atoms with Crippen LogP contribution in [0, 0.1) is 0 Å². The summed E-state index contributed by atoms with van der Waals surface area (Å²) in [4.78, 5) is 11.3. The zero-order valence-corrected chi connectivity index (χ0v) is 13.9. The standard InChI is InChI=1S/C13H18ClNO5S/c1-9(8-19-3)15(2)21(17,18)12-6-5-10(7-11(12)14)13(16)20-4/h5-7,9H,8H2,1-4H3/t9-/m0/s1. The molecule has 1 rings (SSSR count). The van der Waals surface area contributed by atoms with Crippen molar-refractivity contribution in [3.05, 3.63) is 28.8 Å². The first-order chi connectivity index (χ1) is 9.75. The number of methoxy groups -OCH3 is 2. The third kappa shape index (κ3) is 3.94. The van der Waals surface area contributed by atoms with Crippen molar-refractivity contribution in [3.63, 3.8) is 0 Å². The topological polar surface area (TPSA) is 72.9 Å². The number of carbonyl (C=O) groups excluding carboxylic acids is 1. The van der Waals surface area contributed by atoms with Gasteiger partial charge in [0.1, 0.15) is 4.90 Å². The van der Waals surface area contributed by atoms with Crippen molar-refractivity contribution in [2.75, 3.05) is 27.9 Å². The number of hydrogen-bond acceptors (Lipinski definition) is 5. The lowest BCUT2D eigenvalue weighted by molar-refractivity contribution is 0.0600. The normalized spacial score (nSPS) is 13.2. The summed E-state index contributed by atoms with van der Waals surface area (Å²) in [6.45, 7) is 1.98. The number of hydrogen-bond donors (Lipinski definition) is 0. The van der Waals surface area contributed by atoms with Gasteiger partial charge in [-0.05, 0) is 25.1 Å². The van der Waals surface area contributed by atoms with Crippen LogP contribution in [-0.2, 0) is 19.5 Å². The molecular formula is C13H18ClNO5S. The average Bonchev–Trinajstić information content (AvgIpc) is 2.45. The van der Waals surface area contributed by atoms with E-state index in [1.165, 1.54) is 43.8 Å². The van der Waals surface area contributed by atoms with Crippen molar-refractivity contribution < 1.29 is 22.7 Å². The van der Waals surface area contributed by atoms with Gasteiger partial charge in [-0.15, -0.1) is 0 Å². The number of nitrogens with zero attached hydrogens (tertiary/aromatic N) is 1. The molecule has 0 bridgehead atoms. The van der Waals surface area contributed by atoms with E-state index in [4.69, 9.17) is 16.3 Å². The van der Waals surface area contributed by atoms with Crippen LogP contribution in [0.5, 0.6) is 0 Å². The summed E-state index contributed by atoms with van der Waals surface area (Å²) in [7, 11) is 0.409. The molecule has 0 heterocycles.